The van der Waals surface area contributed by atoms with Gasteiger partial charge in [-0.3, -0.25) is 9.69 Å². The molecule has 4 nitrogen and oxygen atoms in total. The van der Waals surface area contributed by atoms with E-state index in [4.69, 9.17) is 5.73 Å². The number of carbonyl (C=O) groups excluding carboxylic acids is 1. The normalized spacial score (nSPS) is 26.8. The first-order valence-corrected chi connectivity index (χ1v) is 7.27. The van der Waals surface area contributed by atoms with Gasteiger partial charge in [0.2, 0.25) is 5.91 Å². The lowest BCUT2D eigenvalue weighted by Gasteiger charge is -2.39. The van der Waals surface area contributed by atoms with Crippen LogP contribution in [0.1, 0.15) is 39.5 Å². The molecule has 1 aliphatic heterocycles. The molecule has 2 N–H and O–H groups in total. The van der Waals surface area contributed by atoms with E-state index in [0.29, 0.717) is 6.04 Å². The van der Waals surface area contributed by atoms with Gasteiger partial charge in [0, 0.05) is 25.2 Å². The number of rotatable bonds is 4. The largest absolute Gasteiger partial charge is 0.340 e. The molecule has 0 aromatic carbocycles. The molecule has 1 amide bonds. The van der Waals surface area contributed by atoms with Crippen molar-refractivity contribution in [2.75, 3.05) is 20.1 Å². The first-order valence-electron chi connectivity index (χ1n) is 7.27. The number of likely N-dealkylation sites (tertiary alicyclic amines) is 1. The van der Waals surface area contributed by atoms with E-state index in [0.717, 1.165) is 25.6 Å². The Bertz CT molecular complexity index is 301. The average Bonchev–Trinajstić information content (AvgIpc) is 3.20. The van der Waals surface area contributed by atoms with Crippen LogP contribution in [0.15, 0.2) is 0 Å². The predicted octanol–water partition coefficient (Wildman–Crippen LogP) is 1.05. The number of nitrogens with zero attached hydrogens (tertiary/aromatic N) is 2. The number of carbonyl (C=O) groups is 1. The van der Waals surface area contributed by atoms with Gasteiger partial charge in [-0.1, -0.05) is 13.8 Å². The summed E-state index contributed by atoms with van der Waals surface area (Å²) in [5.74, 6) is 0.359. The van der Waals surface area contributed by atoms with Crippen molar-refractivity contribution < 1.29 is 4.79 Å². The molecule has 1 saturated heterocycles. The molecule has 2 fully saturated rings. The topological polar surface area (TPSA) is 49.6 Å². The molecule has 4 heteroatoms. The smallest absolute Gasteiger partial charge is 0.239 e. The first kappa shape index (κ1) is 13.8. The summed E-state index contributed by atoms with van der Waals surface area (Å²) in [5.41, 5.74) is 5.98. The predicted molar refractivity (Wildman–Crippen MR) is 73.2 cm³/mol. The van der Waals surface area contributed by atoms with Crippen LogP contribution in [0.4, 0.5) is 0 Å². The van der Waals surface area contributed by atoms with Gasteiger partial charge in [0.05, 0.1) is 6.04 Å². The zero-order valence-electron chi connectivity index (χ0n) is 11.9. The Morgan fingerprint density at radius 3 is 2.50 bits per heavy atom. The van der Waals surface area contributed by atoms with Crippen LogP contribution < -0.4 is 5.73 Å². The summed E-state index contributed by atoms with van der Waals surface area (Å²) in [5, 5.41) is 0. The zero-order chi connectivity index (χ0) is 13.3. The summed E-state index contributed by atoms with van der Waals surface area (Å²) in [6.07, 6.45) is 4.98. The number of nitrogens with two attached hydrogens (primary N) is 1. The average molecular weight is 253 g/mol. The van der Waals surface area contributed by atoms with Crippen LogP contribution in [-0.4, -0.2) is 54.0 Å². The molecule has 18 heavy (non-hydrogen) atoms. The highest BCUT2D eigenvalue weighted by Gasteiger charge is 2.35. The second kappa shape index (κ2) is 5.57. The third kappa shape index (κ3) is 3.04. The minimum absolute atomic E-state index is 0.138. The van der Waals surface area contributed by atoms with Crippen molar-refractivity contribution in [1.82, 2.24) is 9.80 Å². The summed E-state index contributed by atoms with van der Waals surface area (Å²) >= 11 is 0. The number of amides is 1. The van der Waals surface area contributed by atoms with E-state index in [1.807, 2.05) is 18.7 Å². The van der Waals surface area contributed by atoms with Gasteiger partial charge in [-0.25, -0.2) is 0 Å². The van der Waals surface area contributed by atoms with Crippen molar-refractivity contribution in [2.45, 2.75) is 57.7 Å². The SMILES string of the molecule is CC(C)[C@H](N)C(=O)N1CCC[C@@H](N(C)C2CC2)C1. The molecule has 0 unspecified atom stereocenters. The molecule has 2 aliphatic rings. The molecule has 0 aromatic heterocycles. The Kier molecular flexibility index (Phi) is 4.28. The Morgan fingerprint density at radius 1 is 1.28 bits per heavy atom. The van der Waals surface area contributed by atoms with Crippen LogP contribution in [0, 0.1) is 5.92 Å². The monoisotopic (exact) mass is 253 g/mol. The van der Waals surface area contributed by atoms with Crippen LogP contribution in [0.2, 0.25) is 0 Å². The van der Waals surface area contributed by atoms with Crippen LogP contribution in [0.25, 0.3) is 0 Å². The van der Waals surface area contributed by atoms with E-state index < -0.39 is 0 Å². The van der Waals surface area contributed by atoms with Gasteiger partial charge in [0.15, 0.2) is 0 Å². The van der Waals surface area contributed by atoms with Gasteiger partial charge in [0.25, 0.3) is 0 Å². The molecule has 1 saturated carbocycles. The zero-order valence-corrected chi connectivity index (χ0v) is 11.9. The fraction of sp³-hybridized carbons (Fsp3) is 0.929. The Hall–Kier alpha value is -0.610. The van der Waals surface area contributed by atoms with Crippen molar-refractivity contribution in [3.8, 4) is 0 Å². The molecule has 0 spiro atoms. The van der Waals surface area contributed by atoms with Crippen molar-refractivity contribution in [3.05, 3.63) is 0 Å². The second-order valence-corrected chi connectivity index (χ2v) is 6.25. The molecule has 0 radical (unpaired) electrons. The van der Waals surface area contributed by atoms with Crippen molar-refractivity contribution in [1.29, 1.82) is 0 Å². The quantitative estimate of drug-likeness (QED) is 0.815. The molecule has 1 aliphatic carbocycles. The summed E-state index contributed by atoms with van der Waals surface area (Å²) in [6, 6.07) is 0.966. The number of likely N-dealkylation sites (N-methyl/N-ethyl adjacent to an activating group) is 1. The molecule has 2 rings (SSSR count). The standard InChI is InChI=1S/C14H27N3O/c1-10(2)13(15)14(18)17-8-4-5-12(9-17)16(3)11-6-7-11/h10-13H,4-9,15H2,1-3H3/t12-,13+/m1/s1. The maximum atomic E-state index is 12.3. The number of piperidine rings is 1. The second-order valence-electron chi connectivity index (χ2n) is 6.25. The van der Waals surface area contributed by atoms with E-state index >= 15 is 0 Å². The molecule has 0 bridgehead atoms. The van der Waals surface area contributed by atoms with E-state index in [9.17, 15) is 4.79 Å². The fourth-order valence-corrected chi connectivity index (χ4v) is 2.76. The lowest BCUT2D eigenvalue weighted by Crippen LogP contribution is -2.54. The van der Waals surface area contributed by atoms with Gasteiger partial charge in [-0.05, 0) is 38.6 Å². The summed E-state index contributed by atoms with van der Waals surface area (Å²) in [6.45, 7) is 5.78. The number of hydrogen-bond donors (Lipinski definition) is 1. The third-order valence-corrected chi connectivity index (χ3v) is 4.41. The molecule has 2 atom stereocenters. The van der Waals surface area contributed by atoms with E-state index in [2.05, 4.69) is 11.9 Å². The van der Waals surface area contributed by atoms with Gasteiger partial charge < -0.3 is 10.6 Å². The van der Waals surface area contributed by atoms with Gasteiger partial charge in [0.1, 0.15) is 0 Å². The lowest BCUT2D eigenvalue weighted by atomic mass is 10.00. The van der Waals surface area contributed by atoms with Crippen LogP contribution in [0.3, 0.4) is 0 Å². The van der Waals surface area contributed by atoms with Crippen LogP contribution in [-0.2, 0) is 4.79 Å². The maximum absolute atomic E-state index is 12.3. The first-order chi connectivity index (χ1) is 8.50. The Morgan fingerprint density at radius 2 is 1.94 bits per heavy atom. The molecular formula is C14H27N3O. The minimum atomic E-state index is -0.338. The lowest BCUT2D eigenvalue weighted by molar-refractivity contribution is -0.135. The highest BCUT2D eigenvalue weighted by molar-refractivity contribution is 5.82. The summed E-state index contributed by atoms with van der Waals surface area (Å²) in [4.78, 5) is 16.7. The van der Waals surface area contributed by atoms with Crippen molar-refractivity contribution in [2.24, 2.45) is 11.7 Å². The third-order valence-electron chi connectivity index (χ3n) is 4.41. The van der Waals surface area contributed by atoms with Crippen molar-refractivity contribution >= 4 is 5.91 Å². The van der Waals surface area contributed by atoms with Gasteiger partial charge in [-0.2, -0.15) is 0 Å². The van der Waals surface area contributed by atoms with Crippen LogP contribution >= 0.6 is 0 Å². The van der Waals surface area contributed by atoms with Crippen LogP contribution in [0.5, 0.6) is 0 Å². The summed E-state index contributed by atoms with van der Waals surface area (Å²) < 4.78 is 0. The van der Waals surface area contributed by atoms with Gasteiger partial charge in [-0.15, -0.1) is 0 Å². The maximum Gasteiger partial charge on any atom is 0.239 e. The Balaban J connectivity index is 1.91. The minimum Gasteiger partial charge on any atom is -0.340 e. The van der Waals surface area contributed by atoms with E-state index in [1.165, 1.54) is 19.3 Å². The highest BCUT2D eigenvalue weighted by atomic mass is 16.2. The van der Waals surface area contributed by atoms with Gasteiger partial charge >= 0.3 is 0 Å². The fourth-order valence-electron chi connectivity index (χ4n) is 2.76. The molecule has 0 aromatic rings. The highest BCUT2D eigenvalue weighted by Crippen LogP contribution is 2.29. The molecular weight excluding hydrogens is 226 g/mol. The molecule has 104 valence electrons. The summed E-state index contributed by atoms with van der Waals surface area (Å²) in [7, 11) is 2.21. The Labute approximate surface area is 110 Å². The number of hydrogen-bond acceptors (Lipinski definition) is 3. The molecule has 1 heterocycles. The van der Waals surface area contributed by atoms with E-state index in [1.54, 1.807) is 0 Å². The van der Waals surface area contributed by atoms with E-state index in [-0.39, 0.29) is 17.9 Å². The van der Waals surface area contributed by atoms with Crippen molar-refractivity contribution in [3.63, 3.8) is 0 Å².